The van der Waals surface area contributed by atoms with Crippen molar-refractivity contribution in [2.75, 3.05) is 31.1 Å². The number of piperazine rings is 1. The van der Waals surface area contributed by atoms with E-state index in [2.05, 4.69) is 58.3 Å². The maximum atomic E-state index is 6.65. The molecular formula is C23H22ClN3. The predicted octanol–water partition coefficient (Wildman–Crippen LogP) is 5.38. The molecule has 0 aliphatic carbocycles. The Kier molecular flexibility index (Phi) is 4.87. The molecule has 3 aromatic rings. The van der Waals surface area contributed by atoms with Gasteiger partial charge in [0, 0.05) is 59.7 Å². The molecule has 2 heterocycles. The van der Waals surface area contributed by atoms with Gasteiger partial charge in [0.2, 0.25) is 0 Å². The summed E-state index contributed by atoms with van der Waals surface area (Å²) in [6.07, 6.45) is 3.71. The van der Waals surface area contributed by atoms with Crippen LogP contribution < -0.4 is 4.90 Å². The van der Waals surface area contributed by atoms with Crippen LogP contribution in [0.3, 0.4) is 0 Å². The second-order valence-electron chi connectivity index (χ2n) is 6.71. The highest BCUT2D eigenvalue weighted by Crippen LogP contribution is 2.35. The maximum absolute atomic E-state index is 6.65. The Morgan fingerprint density at radius 3 is 2.48 bits per heavy atom. The molecule has 0 atom stereocenters. The molecule has 0 bridgehead atoms. The number of anilines is 1. The van der Waals surface area contributed by atoms with Gasteiger partial charge in [-0.2, -0.15) is 0 Å². The van der Waals surface area contributed by atoms with E-state index >= 15 is 0 Å². The SMILES string of the molecule is C=CC(=C)N1CCN(c2ccnc3cc(-c4ccccc4)c(Cl)cc23)CC1. The van der Waals surface area contributed by atoms with E-state index in [-0.39, 0.29) is 0 Å². The number of aromatic nitrogens is 1. The summed E-state index contributed by atoms with van der Waals surface area (Å²) in [6, 6.07) is 16.4. The number of allylic oxidation sites excluding steroid dienone is 1. The molecule has 0 amide bonds. The molecule has 0 radical (unpaired) electrons. The Morgan fingerprint density at radius 2 is 1.78 bits per heavy atom. The van der Waals surface area contributed by atoms with E-state index < -0.39 is 0 Å². The smallest absolute Gasteiger partial charge is 0.0730 e. The van der Waals surface area contributed by atoms with Crippen molar-refractivity contribution < 1.29 is 0 Å². The molecule has 0 spiro atoms. The third-order valence-corrected chi connectivity index (χ3v) is 5.47. The standard InChI is InChI=1S/C23H22ClN3/c1-3-17(2)26-11-13-27(14-12-26)23-9-10-25-22-16-19(21(24)15-20(22)23)18-7-5-4-6-8-18/h3-10,15-16H,1-2,11-14H2. The molecular weight excluding hydrogens is 354 g/mol. The van der Waals surface area contributed by atoms with Gasteiger partial charge in [0.05, 0.1) is 5.52 Å². The summed E-state index contributed by atoms with van der Waals surface area (Å²) < 4.78 is 0. The fourth-order valence-electron chi connectivity index (χ4n) is 3.63. The third kappa shape index (κ3) is 3.43. The highest BCUT2D eigenvalue weighted by Gasteiger charge is 2.19. The average Bonchev–Trinajstić information content (AvgIpc) is 2.73. The maximum Gasteiger partial charge on any atom is 0.0730 e. The lowest BCUT2D eigenvalue weighted by molar-refractivity contribution is 0.332. The molecule has 1 saturated heterocycles. The minimum Gasteiger partial charge on any atom is -0.368 e. The first kappa shape index (κ1) is 17.6. The Bertz CT molecular complexity index is 989. The summed E-state index contributed by atoms with van der Waals surface area (Å²) in [5.41, 5.74) is 5.26. The van der Waals surface area contributed by atoms with Crippen molar-refractivity contribution in [3.63, 3.8) is 0 Å². The van der Waals surface area contributed by atoms with Gasteiger partial charge < -0.3 is 9.80 Å². The second kappa shape index (κ2) is 7.45. The number of hydrogen-bond donors (Lipinski definition) is 0. The number of hydrogen-bond acceptors (Lipinski definition) is 3. The van der Waals surface area contributed by atoms with Crippen molar-refractivity contribution in [3.05, 3.63) is 84.7 Å². The van der Waals surface area contributed by atoms with Crippen LogP contribution in [0.4, 0.5) is 5.69 Å². The topological polar surface area (TPSA) is 19.4 Å². The average molecular weight is 376 g/mol. The summed E-state index contributed by atoms with van der Waals surface area (Å²) in [6.45, 7) is 11.6. The zero-order valence-corrected chi connectivity index (χ0v) is 16.0. The van der Waals surface area contributed by atoms with Crippen LogP contribution in [-0.2, 0) is 0 Å². The Morgan fingerprint density at radius 1 is 1.04 bits per heavy atom. The van der Waals surface area contributed by atoms with Gasteiger partial charge in [-0.3, -0.25) is 4.98 Å². The minimum absolute atomic E-state index is 0.752. The van der Waals surface area contributed by atoms with Crippen LogP contribution in [0.5, 0.6) is 0 Å². The monoisotopic (exact) mass is 375 g/mol. The molecule has 136 valence electrons. The van der Waals surface area contributed by atoms with Crippen molar-refractivity contribution >= 4 is 28.2 Å². The number of nitrogens with zero attached hydrogens (tertiary/aromatic N) is 3. The molecule has 2 aromatic carbocycles. The fraction of sp³-hybridized carbons (Fsp3) is 0.174. The summed E-state index contributed by atoms with van der Waals surface area (Å²) in [4.78, 5) is 9.27. The van der Waals surface area contributed by atoms with Crippen LogP contribution in [0.2, 0.25) is 5.02 Å². The molecule has 4 rings (SSSR count). The molecule has 0 saturated carbocycles. The van der Waals surface area contributed by atoms with Gasteiger partial charge in [0.1, 0.15) is 0 Å². The van der Waals surface area contributed by atoms with E-state index in [1.807, 2.05) is 30.5 Å². The molecule has 27 heavy (non-hydrogen) atoms. The lowest BCUT2D eigenvalue weighted by Gasteiger charge is -2.38. The van der Waals surface area contributed by atoms with E-state index in [1.54, 1.807) is 0 Å². The first-order valence-corrected chi connectivity index (χ1v) is 9.50. The minimum atomic E-state index is 0.752. The fourth-order valence-corrected chi connectivity index (χ4v) is 3.90. The largest absolute Gasteiger partial charge is 0.368 e. The van der Waals surface area contributed by atoms with Crippen molar-refractivity contribution in [2.45, 2.75) is 0 Å². The number of pyridine rings is 1. The molecule has 0 N–H and O–H groups in total. The number of rotatable bonds is 4. The summed E-state index contributed by atoms with van der Waals surface area (Å²) in [5, 5.41) is 1.85. The number of fused-ring (bicyclic) bond motifs is 1. The lowest BCUT2D eigenvalue weighted by atomic mass is 10.0. The van der Waals surface area contributed by atoms with Crippen LogP contribution >= 0.6 is 11.6 Å². The van der Waals surface area contributed by atoms with Crippen LogP contribution in [0.25, 0.3) is 22.0 Å². The van der Waals surface area contributed by atoms with Gasteiger partial charge in [-0.25, -0.2) is 0 Å². The quantitative estimate of drug-likeness (QED) is 0.571. The van der Waals surface area contributed by atoms with Gasteiger partial charge in [-0.05, 0) is 29.8 Å². The molecule has 0 unspecified atom stereocenters. The Balaban J connectivity index is 1.68. The Hall–Kier alpha value is -2.78. The van der Waals surface area contributed by atoms with Crippen molar-refractivity contribution in [2.24, 2.45) is 0 Å². The van der Waals surface area contributed by atoms with E-state index in [9.17, 15) is 0 Å². The third-order valence-electron chi connectivity index (χ3n) is 5.15. The molecule has 4 heteroatoms. The highest BCUT2D eigenvalue weighted by atomic mass is 35.5. The van der Waals surface area contributed by atoms with E-state index in [0.29, 0.717) is 0 Å². The van der Waals surface area contributed by atoms with Crippen LogP contribution in [0.1, 0.15) is 0 Å². The molecule has 1 aromatic heterocycles. The van der Waals surface area contributed by atoms with Crippen molar-refractivity contribution in [3.8, 4) is 11.1 Å². The molecule has 1 fully saturated rings. The molecule has 3 nitrogen and oxygen atoms in total. The molecule has 1 aliphatic heterocycles. The lowest BCUT2D eigenvalue weighted by Crippen LogP contribution is -2.45. The summed E-state index contributed by atoms with van der Waals surface area (Å²) in [5.74, 6) is 0. The van der Waals surface area contributed by atoms with Gasteiger partial charge >= 0.3 is 0 Å². The Labute approximate surface area is 165 Å². The van der Waals surface area contributed by atoms with Crippen LogP contribution in [0, 0.1) is 0 Å². The first-order chi connectivity index (χ1) is 13.2. The summed E-state index contributed by atoms with van der Waals surface area (Å²) >= 11 is 6.65. The van der Waals surface area contributed by atoms with Gasteiger partial charge in [-0.15, -0.1) is 0 Å². The predicted molar refractivity (Wildman–Crippen MR) is 115 cm³/mol. The number of halogens is 1. The van der Waals surface area contributed by atoms with Gasteiger partial charge in [0.15, 0.2) is 0 Å². The first-order valence-electron chi connectivity index (χ1n) is 9.12. The van der Waals surface area contributed by atoms with Crippen molar-refractivity contribution in [1.82, 2.24) is 9.88 Å². The zero-order chi connectivity index (χ0) is 18.8. The number of benzene rings is 2. The molecule has 1 aliphatic rings. The zero-order valence-electron chi connectivity index (χ0n) is 15.2. The second-order valence-corrected chi connectivity index (χ2v) is 7.12. The van der Waals surface area contributed by atoms with Gasteiger partial charge in [0.25, 0.3) is 0 Å². The van der Waals surface area contributed by atoms with E-state index in [0.717, 1.165) is 58.9 Å². The van der Waals surface area contributed by atoms with Gasteiger partial charge in [-0.1, -0.05) is 55.1 Å². The highest BCUT2D eigenvalue weighted by molar-refractivity contribution is 6.34. The van der Waals surface area contributed by atoms with E-state index in [1.165, 1.54) is 5.69 Å². The van der Waals surface area contributed by atoms with Crippen LogP contribution in [0.15, 0.2) is 79.7 Å². The normalized spacial score (nSPS) is 14.4. The van der Waals surface area contributed by atoms with E-state index in [4.69, 9.17) is 11.6 Å². The summed E-state index contributed by atoms with van der Waals surface area (Å²) in [7, 11) is 0. The van der Waals surface area contributed by atoms with Crippen LogP contribution in [-0.4, -0.2) is 36.1 Å². The van der Waals surface area contributed by atoms with Crippen molar-refractivity contribution in [1.29, 1.82) is 0 Å².